The number of amides is 1. The monoisotopic (exact) mass is 447 g/mol. The summed E-state index contributed by atoms with van der Waals surface area (Å²) in [6.07, 6.45) is 0. The van der Waals surface area contributed by atoms with E-state index in [2.05, 4.69) is 47.8 Å². The molecule has 3 heterocycles. The fourth-order valence-electron chi connectivity index (χ4n) is 3.69. The summed E-state index contributed by atoms with van der Waals surface area (Å²) >= 11 is 0. The van der Waals surface area contributed by atoms with Crippen molar-refractivity contribution in [2.45, 2.75) is 47.0 Å². The van der Waals surface area contributed by atoms with Crippen LogP contribution in [0.15, 0.2) is 40.8 Å². The summed E-state index contributed by atoms with van der Waals surface area (Å²) in [4.78, 5) is 17.1. The van der Waals surface area contributed by atoms with Crippen LogP contribution in [0.3, 0.4) is 0 Å². The third-order valence-electron chi connectivity index (χ3n) is 5.54. The minimum atomic E-state index is -0.439. The third kappa shape index (κ3) is 4.55. The Bertz CT molecular complexity index is 1340. The summed E-state index contributed by atoms with van der Waals surface area (Å²) in [5, 5.41) is 5.41. The van der Waals surface area contributed by atoms with E-state index in [0.29, 0.717) is 11.6 Å². The van der Waals surface area contributed by atoms with Crippen LogP contribution in [0, 0.1) is 20.8 Å². The normalized spacial score (nSPS) is 11.6. The smallest absolute Gasteiger partial charge is 0.305 e. The van der Waals surface area contributed by atoms with Gasteiger partial charge in [-0.1, -0.05) is 32.9 Å². The van der Waals surface area contributed by atoms with Crippen LogP contribution >= 0.6 is 0 Å². The number of hydrazine groups is 1. The van der Waals surface area contributed by atoms with Gasteiger partial charge in [-0.25, -0.2) is 4.98 Å². The average Bonchev–Trinajstić information content (AvgIpc) is 3.31. The van der Waals surface area contributed by atoms with E-state index in [1.807, 2.05) is 46.0 Å². The van der Waals surface area contributed by atoms with Gasteiger partial charge in [-0.15, -0.1) is 0 Å². The Kier molecular flexibility index (Phi) is 5.61. The van der Waals surface area contributed by atoms with Crippen LogP contribution in [0.1, 0.15) is 53.7 Å². The van der Waals surface area contributed by atoms with Crippen LogP contribution in [-0.2, 0) is 12.5 Å². The zero-order valence-electron chi connectivity index (χ0n) is 20.0. The summed E-state index contributed by atoms with van der Waals surface area (Å²) < 4.78 is 13.3. The van der Waals surface area contributed by atoms with Crippen molar-refractivity contribution in [2.75, 3.05) is 5.43 Å². The Morgan fingerprint density at radius 1 is 1.06 bits per heavy atom. The van der Waals surface area contributed by atoms with E-state index in [9.17, 15) is 4.79 Å². The number of nitrogens with zero attached hydrogens (tertiary/aromatic N) is 3. The van der Waals surface area contributed by atoms with Crippen molar-refractivity contribution >= 4 is 22.8 Å². The van der Waals surface area contributed by atoms with Crippen LogP contribution < -0.4 is 15.6 Å². The zero-order valence-corrected chi connectivity index (χ0v) is 20.0. The van der Waals surface area contributed by atoms with Gasteiger partial charge >= 0.3 is 5.91 Å². The lowest BCUT2D eigenvalue weighted by Gasteiger charge is -2.20. The number of ether oxygens (including phenoxy) is 1. The molecule has 4 rings (SSSR count). The Hall–Kier alpha value is -3.81. The summed E-state index contributed by atoms with van der Waals surface area (Å²) in [5.74, 6) is 1.13. The fraction of sp³-hybridized carbons (Fsp3) is 0.320. The molecule has 4 aromatic rings. The minimum Gasteiger partial charge on any atom is -0.426 e. The van der Waals surface area contributed by atoms with Crippen molar-refractivity contribution in [3.63, 3.8) is 0 Å². The third-order valence-corrected chi connectivity index (χ3v) is 5.54. The molecule has 3 aromatic heterocycles. The molecule has 1 amide bonds. The molecule has 8 nitrogen and oxygen atoms in total. The van der Waals surface area contributed by atoms with Crippen LogP contribution in [0.5, 0.6) is 11.7 Å². The number of benzene rings is 1. The van der Waals surface area contributed by atoms with E-state index in [1.54, 1.807) is 16.8 Å². The number of anilines is 1. The molecular formula is C25H29N5O3. The molecule has 0 saturated carbocycles. The van der Waals surface area contributed by atoms with E-state index < -0.39 is 5.91 Å². The predicted octanol–water partition coefficient (Wildman–Crippen LogP) is 5.33. The highest BCUT2D eigenvalue weighted by molar-refractivity contribution is 5.92. The number of furan rings is 1. The summed E-state index contributed by atoms with van der Waals surface area (Å²) in [5.41, 5.74) is 10.3. The van der Waals surface area contributed by atoms with Crippen molar-refractivity contribution in [2.24, 2.45) is 7.05 Å². The van der Waals surface area contributed by atoms with E-state index in [-0.39, 0.29) is 17.1 Å². The van der Waals surface area contributed by atoms with Gasteiger partial charge in [0.25, 0.3) is 5.95 Å². The Morgan fingerprint density at radius 3 is 2.55 bits per heavy atom. The summed E-state index contributed by atoms with van der Waals surface area (Å²) in [7, 11) is 1.84. The van der Waals surface area contributed by atoms with Crippen LogP contribution in [0.25, 0.3) is 11.0 Å². The van der Waals surface area contributed by atoms with Crippen molar-refractivity contribution in [1.29, 1.82) is 0 Å². The Balaban J connectivity index is 1.46. The van der Waals surface area contributed by atoms with Gasteiger partial charge in [0.15, 0.2) is 11.4 Å². The highest BCUT2D eigenvalue weighted by Crippen LogP contribution is 2.32. The molecule has 0 aliphatic rings. The first-order valence-electron chi connectivity index (χ1n) is 10.8. The van der Waals surface area contributed by atoms with Gasteiger partial charge in [-0.3, -0.25) is 20.3 Å². The summed E-state index contributed by atoms with van der Waals surface area (Å²) in [6.45, 7) is 12.3. The second kappa shape index (κ2) is 8.27. The SMILES string of the molecule is Cc1ccc(C(C)(C)C)cc1Oc1ccc(C(=O)NNc2cc(C)c3c(C)nn(C)c3n2)o1. The van der Waals surface area contributed by atoms with Gasteiger partial charge in [0.2, 0.25) is 0 Å². The molecule has 0 fully saturated rings. The first-order chi connectivity index (χ1) is 15.5. The maximum absolute atomic E-state index is 12.6. The number of aryl methyl sites for hydroxylation is 4. The minimum absolute atomic E-state index is 0.00470. The van der Waals surface area contributed by atoms with E-state index in [1.165, 1.54) is 0 Å². The van der Waals surface area contributed by atoms with Gasteiger partial charge in [-0.05, 0) is 61.1 Å². The molecule has 0 atom stereocenters. The number of fused-ring (bicyclic) bond motifs is 1. The number of carbonyl (C=O) groups is 1. The number of nitrogens with one attached hydrogen (secondary N) is 2. The molecule has 33 heavy (non-hydrogen) atoms. The first kappa shape index (κ1) is 22.4. The van der Waals surface area contributed by atoms with Crippen LogP contribution in [0.4, 0.5) is 5.82 Å². The highest BCUT2D eigenvalue weighted by Gasteiger charge is 2.18. The van der Waals surface area contributed by atoms with Gasteiger partial charge in [0.1, 0.15) is 11.6 Å². The van der Waals surface area contributed by atoms with Crippen molar-refractivity contribution in [3.8, 4) is 11.7 Å². The second-order valence-electron chi connectivity index (χ2n) is 9.26. The first-order valence-corrected chi connectivity index (χ1v) is 10.8. The molecule has 0 aliphatic heterocycles. The average molecular weight is 448 g/mol. The number of hydrogen-bond acceptors (Lipinski definition) is 6. The maximum Gasteiger partial charge on any atom is 0.305 e. The molecule has 8 heteroatoms. The van der Waals surface area contributed by atoms with Gasteiger partial charge in [0.05, 0.1) is 5.69 Å². The lowest BCUT2D eigenvalue weighted by Crippen LogP contribution is -2.29. The zero-order chi connectivity index (χ0) is 23.9. The molecule has 0 aliphatic carbocycles. The largest absolute Gasteiger partial charge is 0.426 e. The van der Waals surface area contributed by atoms with Gasteiger partial charge in [0, 0.05) is 18.5 Å². The number of rotatable bonds is 5. The van der Waals surface area contributed by atoms with Crippen molar-refractivity contribution in [3.05, 3.63) is 64.5 Å². The molecule has 0 radical (unpaired) electrons. The molecule has 0 bridgehead atoms. The molecule has 0 unspecified atom stereocenters. The van der Waals surface area contributed by atoms with Crippen LogP contribution in [0.2, 0.25) is 0 Å². The van der Waals surface area contributed by atoms with Crippen LogP contribution in [-0.4, -0.2) is 20.7 Å². The summed E-state index contributed by atoms with van der Waals surface area (Å²) in [6, 6.07) is 11.2. The second-order valence-corrected chi connectivity index (χ2v) is 9.26. The number of carbonyl (C=O) groups excluding carboxylic acids is 1. The standard InChI is InChI=1S/C25H29N5O3/c1-14-8-9-17(25(4,5)6)13-19(14)33-21-11-10-18(32-21)24(31)28-27-20-12-15(2)22-16(3)29-30(7)23(22)26-20/h8-13H,1-7H3,(H,26,27)(H,28,31). The van der Waals surface area contributed by atoms with E-state index >= 15 is 0 Å². The van der Waals surface area contributed by atoms with E-state index in [4.69, 9.17) is 9.15 Å². The number of pyridine rings is 1. The van der Waals surface area contributed by atoms with Gasteiger partial charge < -0.3 is 9.15 Å². The predicted molar refractivity (Wildman–Crippen MR) is 128 cm³/mol. The van der Waals surface area contributed by atoms with Gasteiger partial charge in [-0.2, -0.15) is 5.10 Å². The molecule has 1 aromatic carbocycles. The Morgan fingerprint density at radius 2 is 1.82 bits per heavy atom. The lowest BCUT2D eigenvalue weighted by atomic mass is 9.86. The molecule has 0 saturated heterocycles. The lowest BCUT2D eigenvalue weighted by molar-refractivity contribution is 0.0930. The highest BCUT2D eigenvalue weighted by atomic mass is 16.6. The van der Waals surface area contributed by atoms with E-state index in [0.717, 1.165) is 33.4 Å². The molecular weight excluding hydrogens is 418 g/mol. The fourth-order valence-corrected chi connectivity index (χ4v) is 3.69. The van der Waals surface area contributed by atoms with Crippen molar-refractivity contribution < 1.29 is 13.9 Å². The maximum atomic E-state index is 12.6. The molecule has 0 spiro atoms. The molecule has 172 valence electrons. The molecule has 2 N–H and O–H groups in total. The Labute approximate surface area is 192 Å². The van der Waals surface area contributed by atoms with Crippen molar-refractivity contribution in [1.82, 2.24) is 20.2 Å². The topological polar surface area (TPSA) is 94.2 Å². The number of hydrogen-bond donors (Lipinski definition) is 2. The quantitative estimate of drug-likeness (QED) is 0.402. The number of aromatic nitrogens is 3.